The van der Waals surface area contributed by atoms with Crippen LogP contribution in [0, 0.1) is 5.92 Å². The van der Waals surface area contributed by atoms with Gasteiger partial charge in [-0.05, 0) is 33.1 Å². The van der Waals surface area contributed by atoms with E-state index in [4.69, 9.17) is 10.5 Å². The van der Waals surface area contributed by atoms with Crippen LogP contribution in [0.15, 0.2) is 4.99 Å². The lowest BCUT2D eigenvalue weighted by molar-refractivity contribution is 0.0186. The van der Waals surface area contributed by atoms with Gasteiger partial charge in [0, 0.05) is 32.7 Å². The van der Waals surface area contributed by atoms with Crippen LogP contribution in [0.25, 0.3) is 0 Å². The molecule has 2 rings (SSSR count). The van der Waals surface area contributed by atoms with Crippen molar-refractivity contribution in [2.75, 3.05) is 32.7 Å². The fourth-order valence-electron chi connectivity index (χ4n) is 2.31. The van der Waals surface area contributed by atoms with E-state index in [1.165, 1.54) is 12.8 Å². The standard InChI is InChI=1S/C15H28N4O2.HI/c1-15(2,3)21-14(20)19-10-8-18(9-11-19)13(16)17-7-6-12-4-5-12;/h12H,4-11H2,1-3H3,(H2,16,17);1H. The molecule has 0 aromatic heterocycles. The Bertz CT molecular complexity index is 397. The summed E-state index contributed by atoms with van der Waals surface area (Å²) in [5.41, 5.74) is 5.57. The summed E-state index contributed by atoms with van der Waals surface area (Å²) in [6.45, 7) is 9.17. The van der Waals surface area contributed by atoms with Gasteiger partial charge in [-0.15, -0.1) is 24.0 Å². The van der Waals surface area contributed by atoms with Crippen LogP contribution in [0.3, 0.4) is 0 Å². The largest absolute Gasteiger partial charge is 0.444 e. The first kappa shape index (κ1) is 19.3. The van der Waals surface area contributed by atoms with Gasteiger partial charge in [0.25, 0.3) is 0 Å². The van der Waals surface area contributed by atoms with Crippen molar-refractivity contribution in [3.05, 3.63) is 0 Å². The molecule has 0 spiro atoms. The third-order valence-electron chi connectivity index (χ3n) is 3.76. The van der Waals surface area contributed by atoms with E-state index in [1.807, 2.05) is 25.7 Å². The van der Waals surface area contributed by atoms with Gasteiger partial charge < -0.3 is 20.3 Å². The summed E-state index contributed by atoms with van der Waals surface area (Å²) in [5.74, 6) is 1.49. The monoisotopic (exact) mass is 424 g/mol. The second-order valence-electron chi connectivity index (χ2n) is 6.93. The summed E-state index contributed by atoms with van der Waals surface area (Å²) in [4.78, 5) is 20.2. The van der Waals surface area contributed by atoms with Gasteiger partial charge in [0.2, 0.25) is 0 Å². The van der Waals surface area contributed by atoms with Crippen molar-refractivity contribution in [1.29, 1.82) is 0 Å². The minimum absolute atomic E-state index is 0. The number of nitrogens with two attached hydrogens (primary N) is 1. The summed E-state index contributed by atoms with van der Waals surface area (Å²) in [6, 6.07) is 0. The summed E-state index contributed by atoms with van der Waals surface area (Å²) in [7, 11) is 0. The predicted octanol–water partition coefficient (Wildman–Crippen LogP) is 2.27. The molecular weight excluding hydrogens is 395 g/mol. The maximum absolute atomic E-state index is 12.0. The van der Waals surface area contributed by atoms with Crippen molar-refractivity contribution in [1.82, 2.24) is 9.80 Å². The maximum atomic E-state index is 12.0. The van der Waals surface area contributed by atoms with Gasteiger partial charge in [0.05, 0.1) is 0 Å². The third-order valence-corrected chi connectivity index (χ3v) is 3.76. The molecule has 2 N–H and O–H groups in total. The van der Waals surface area contributed by atoms with Crippen molar-refractivity contribution < 1.29 is 9.53 Å². The minimum atomic E-state index is -0.447. The predicted molar refractivity (Wildman–Crippen MR) is 98.6 cm³/mol. The van der Waals surface area contributed by atoms with E-state index in [2.05, 4.69) is 4.99 Å². The molecule has 0 atom stereocenters. The second kappa shape index (κ2) is 8.21. The number of guanidine groups is 1. The SMILES string of the molecule is CC(C)(C)OC(=O)N1CCN(C(N)=NCCC2CC2)CC1.I. The molecule has 7 heteroatoms. The highest BCUT2D eigenvalue weighted by Gasteiger charge is 2.26. The highest BCUT2D eigenvalue weighted by Crippen LogP contribution is 2.32. The molecule has 0 aromatic carbocycles. The quantitative estimate of drug-likeness (QED) is 0.429. The Hall–Kier alpha value is -0.730. The highest BCUT2D eigenvalue weighted by atomic mass is 127. The first-order valence-electron chi connectivity index (χ1n) is 7.88. The van der Waals surface area contributed by atoms with Crippen LogP contribution in [0.4, 0.5) is 4.79 Å². The molecule has 1 aliphatic carbocycles. The van der Waals surface area contributed by atoms with Crippen molar-refractivity contribution in [3.63, 3.8) is 0 Å². The van der Waals surface area contributed by atoms with Gasteiger partial charge >= 0.3 is 6.09 Å². The zero-order chi connectivity index (χ0) is 15.5. The Morgan fingerprint density at radius 3 is 2.23 bits per heavy atom. The van der Waals surface area contributed by atoms with Crippen molar-refractivity contribution in [2.24, 2.45) is 16.6 Å². The number of carbonyl (C=O) groups excluding carboxylic acids is 1. The van der Waals surface area contributed by atoms with Gasteiger partial charge in [0.1, 0.15) is 5.60 Å². The zero-order valence-electron chi connectivity index (χ0n) is 13.9. The number of amides is 1. The van der Waals surface area contributed by atoms with Gasteiger partial charge in [-0.25, -0.2) is 4.79 Å². The maximum Gasteiger partial charge on any atom is 0.410 e. The molecular formula is C15H29IN4O2. The van der Waals surface area contributed by atoms with E-state index < -0.39 is 5.60 Å². The molecule has 6 nitrogen and oxygen atoms in total. The summed E-state index contributed by atoms with van der Waals surface area (Å²) in [6.07, 6.45) is 3.61. The summed E-state index contributed by atoms with van der Waals surface area (Å²) >= 11 is 0. The number of ether oxygens (including phenoxy) is 1. The number of hydrogen-bond donors (Lipinski definition) is 1. The first-order valence-corrected chi connectivity index (χ1v) is 7.88. The lowest BCUT2D eigenvalue weighted by Gasteiger charge is -2.36. The Kier molecular flexibility index (Phi) is 7.21. The van der Waals surface area contributed by atoms with Crippen LogP contribution in [0.1, 0.15) is 40.0 Å². The van der Waals surface area contributed by atoms with E-state index in [0.717, 1.165) is 32.0 Å². The molecule has 1 aliphatic heterocycles. The van der Waals surface area contributed by atoms with Crippen LogP contribution in [0.2, 0.25) is 0 Å². The van der Waals surface area contributed by atoms with Gasteiger partial charge in [-0.1, -0.05) is 12.8 Å². The fraction of sp³-hybridized carbons (Fsp3) is 0.867. The van der Waals surface area contributed by atoms with Crippen molar-refractivity contribution >= 4 is 36.0 Å². The van der Waals surface area contributed by atoms with Crippen LogP contribution < -0.4 is 5.73 Å². The first-order chi connectivity index (χ1) is 9.85. The molecule has 0 radical (unpaired) electrons. The Morgan fingerprint density at radius 2 is 1.73 bits per heavy atom. The third kappa shape index (κ3) is 6.58. The smallest absolute Gasteiger partial charge is 0.410 e. The highest BCUT2D eigenvalue weighted by molar-refractivity contribution is 14.0. The van der Waals surface area contributed by atoms with E-state index in [0.29, 0.717) is 19.0 Å². The summed E-state index contributed by atoms with van der Waals surface area (Å²) in [5, 5.41) is 0. The van der Waals surface area contributed by atoms with Crippen LogP contribution in [-0.4, -0.2) is 60.2 Å². The lowest BCUT2D eigenvalue weighted by Crippen LogP contribution is -2.53. The van der Waals surface area contributed by atoms with E-state index in [1.54, 1.807) is 4.90 Å². The topological polar surface area (TPSA) is 71.2 Å². The Balaban J connectivity index is 0.00000242. The molecule has 128 valence electrons. The molecule has 2 fully saturated rings. The number of rotatable bonds is 3. The summed E-state index contributed by atoms with van der Waals surface area (Å²) < 4.78 is 5.38. The number of nitrogens with zero attached hydrogens (tertiary/aromatic N) is 3. The minimum Gasteiger partial charge on any atom is -0.444 e. The van der Waals surface area contributed by atoms with Crippen LogP contribution in [-0.2, 0) is 4.74 Å². The van der Waals surface area contributed by atoms with Crippen molar-refractivity contribution in [2.45, 2.75) is 45.6 Å². The van der Waals surface area contributed by atoms with E-state index >= 15 is 0 Å². The lowest BCUT2D eigenvalue weighted by atomic mass is 10.2. The normalized spacial score (nSPS) is 19.7. The molecule has 1 saturated heterocycles. The van der Waals surface area contributed by atoms with Gasteiger partial charge in [-0.2, -0.15) is 0 Å². The molecule has 1 heterocycles. The zero-order valence-corrected chi connectivity index (χ0v) is 16.2. The average molecular weight is 424 g/mol. The molecule has 2 aliphatic rings. The number of piperazine rings is 1. The molecule has 0 unspecified atom stereocenters. The molecule has 1 saturated carbocycles. The van der Waals surface area contributed by atoms with E-state index in [9.17, 15) is 4.79 Å². The van der Waals surface area contributed by atoms with E-state index in [-0.39, 0.29) is 30.1 Å². The molecule has 0 aromatic rings. The number of carbonyl (C=O) groups is 1. The van der Waals surface area contributed by atoms with Gasteiger partial charge in [-0.3, -0.25) is 4.99 Å². The number of halogens is 1. The van der Waals surface area contributed by atoms with Crippen LogP contribution in [0.5, 0.6) is 0 Å². The Labute approximate surface area is 150 Å². The van der Waals surface area contributed by atoms with Crippen molar-refractivity contribution in [3.8, 4) is 0 Å². The van der Waals surface area contributed by atoms with Crippen LogP contribution >= 0.6 is 24.0 Å². The van der Waals surface area contributed by atoms with Gasteiger partial charge in [0.15, 0.2) is 5.96 Å². The molecule has 1 amide bonds. The second-order valence-corrected chi connectivity index (χ2v) is 6.93. The Morgan fingerprint density at radius 1 is 1.18 bits per heavy atom. The number of hydrogen-bond acceptors (Lipinski definition) is 3. The molecule has 0 bridgehead atoms. The molecule has 22 heavy (non-hydrogen) atoms. The average Bonchev–Trinajstić information content (AvgIpc) is 3.21. The fourth-order valence-corrected chi connectivity index (χ4v) is 2.31. The number of aliphatic imine (C=N–C) groups is 1.